The van der Waals surface area contributed by atoms with Crippen molar-refractivity contribution < 1.29 is 0 Å². The average Bonchev–Trinajstić information content (AvgIpc) is 2.95. The summed E-state index contributed by atoms with van der Waals surface area (Å²) >= 11 is 1.67. The minimum Gasteiger partial charge on any atom is -0.307 e. The van der Waals surface area contributed by atoms with E-state index < -0.39 is 0 Å². The van der Waals surface area contributed by atoms with Crippen LogP contribution in [0.2, 0.25) is 0 Å². The first kappa shape index (κ1) is 12.8. The van der Waals surface area contributed by atoms with E-state index in [1.54, 1.807) is 11.3 Å². The highest BCUT2D eigenvalue weighted by molar-refractivity contribution is 7.07. The number of hydrogen-bond donors (Lipinski definition) is 1. The van der Waals surface area contributed by atoms with Gasteiger partial charge in [0.1, 0.15) is 0 Å². The summed E-state index contributed by atoms with van der Waals surface area (Å²) in [5.74, 6) is 0. The van der Waals surface area contributed by atoms with E-state index in [1.807, 2.05) is 5.51 Å². The Balaban J connectivity index is 1.70. The van der Waals surface area contributed by atoms with Gasteiger partial charge in [-0.3, -0.25) is 4.90 Å². The fourth-order valence-electron chi connectivity index (χ4n) is 2.57. The van der Waals surface area contributed by atoms with E-state index in [0.29, 0.717) is 12.1 Å². The molecule has 2 heterocycles. The van der Waals surface area contributed by atoms with Crippen molar-refractivity contribution in [3.63, 3.8) is 0 Å². The Morgan fingerprint density at radius 2 is 2.21 bits per heavy atom. The molecule has 0 bridgehead atoms. The van der Waals surface area contributed by atoms with Crippen LogP contribution in [0, 0.1) is 0 Å². The molecular weight excluding hydrogens is 254 g/mol. The zero-order valence-corrected chi connectivity index (χ0v) is 11.9. The third-order valence-electron chi connectivity index (χ3n) is 3.75. The molecule has 1 fully saturated rings. The summed E-state index contributed by atoms with van der Waals surface area (Å²) in [7, 11) is 0. The Morgan fingerprint density at radius 3 is 2.95 bits per heavy atom. The van der Waals surface area contributed by atoms with Gasteiger partial charge in [-0.25, -0.2) is 4.98 Å². The molecule has 0 spiro atoms. The van der Waals surface area contributed by atoms with Crippen molar-refractivity contribution in [3.05, 3.63) is 52.5 Å². The molecule has 2 unspecified atom stereocenters. The number of benzene rings is 1. The second-order valence-corrected chi connectivity index (χ2v) is 5.85. The van der Waals surface area contributed by atoms with Gasteiger partial charge in [-0.15, -0.1) is 11.3 Å². The maximum absolute atomic E-state index is 4.40. The second kappa shape index (κ2) is 5.82. The highest BCUT2D eigenvalue weighted by Gasteiger charge is 2.26. The maximum atomic E-state index is 4.40. The molecule has 100 valence electrons. The largest absolute Gasteiger partial charge is 0.307 e. The fraction of sp³-hybridized carbons (Fsp3) is 0.400. The number of aromatic nitrogens is 1. The van der Waals surface area contributed by atoms with Crippen LogP contribution >= 0.6 is 11.3 Å². The van der Waals surface area contributed by atoms with Crippen molar-refractivity contribution in [3.8, 4) is 0 Å². The van der Waals surface area contributed by atoms with Crippen LogP contribution in [0.4, 0.5) is 0 Å². The van der Waals surface area contributed by atoms with Gasteiger partial charge in [0.05, 0.1) is 11.2 Å². The molecule has 2 aromatic rings. The highest BCUT2D eigenvalue weighted by atomic mass is 32.1. The van der Waals surface area contributed by atoms with Gasteiger partial charge in [0, 0.05) is 37.1 Å². The van der Waals surface area contributed by atoms with Gasteiger partial charge >= 0.3 is 0 Å². The minimum atomic E-state index is 0.427. The highest BCUT2D eigenvalue weighted by Crippen LogP contribution is 2.21. The predicted molar refractivity (Wildman–Crippen MR) is 79.2 cm³/mol. The maximum Gasteiger partial charge on any atom is 0.0795 e. The van der Waals surface area contributed by atoms with Crippen LogP contribution in [-0.4, -0.2) is 29.0 Å². The summed E-state index contributed by atoms with van der Waals surface area (Å²) in [6, 6.07) is 11.7. The summed E-state index contributed by atoms with van der Waals surface area (Å²) in [4.78, 5) is 6.92. The van der Waals surface area contributed by atoms with Crippen molar-refractivity contribution in [2.75, 3.05) is 13.1 Å². The Labute approximate surface area is 118 Å². The van der Waals surface area contributed by atoms with Crippen LogP contribution in [0.5, 0.6) is 0 Å². The van der Waals surface area contributed by atoms with Gasteiger partial charge in [0.15, 0.2) is 0 Å². The Kier molecular flexibility index (Phi) is 3.92. The summed E-state index contributed by atoms with van der Waals surface area (Å²) in [6.07, 6.45) is 0. The molecule has 0 radical (unpaired) electrons. The van der Waals surface area contributed by atoms with Crippen molar-refractivity contribution in [2.24, 2.45) is 0 Å². The van der Waals surface area contributed by atoms with Gasteiger partial charge in [0.25, 0.3) is 0 Å². The first-order chi connectivity index (χ1) is 9.33. The summed E-state index contributed by atoms with van der Waals surface area (Å²) in [5, 5.41) is 5.78. The Hall–Kier alpha value is -1.23. The molecule has 1 aromatic heterocycles. The molecular formula is C15H19N3S. The standard InChI is InChI=1S/C15H19N3S/c1-12-7-16-15(13-5-3-2-4-6-13)9-18(12)8-14-10-19-11-17-14/h2-6,10-12,15-16H,7-9H2,1H3. The van der Waals surface area contributed by atoms with Crippen molar-refractivity contribution in [1.82, 2.24) is 15.2 Å². The van der Waals surface area contributed by atoms with Crippen LogP contribution in [0.3, 0.4) is 0 Å². The molecule has 1 aliphatic heterocycles. The molecule has 1 N–H and O–H groups in total. The van der Waals surface area contributed by atoms with E-state index in [1.165, 1.54) is 11.3 Å². The van der Waals surface area contributed by atoms with E-state index in [-0.39, 0.29) is 0 Å². The molecule has 0 saturated carbocycles. The lowest BCUT2D eigenvalue weighted by atomic mass is 10.0. The topological polar surface area (TPSA) is 28.2 Å². The van der Waals surface area contributed by atoms with Crippen LogP contribution in [-0.2, 0) is 6.54 Å². The van der Waals surface area contributed by atoms with Crippen LogP contribution in [0.15, 0.2) is 41.2 Å². The van der Waals surface area contributed by atoms with E-state index in [9.17, 15) is 0 Å². The molecule has 0 amide bonds. The second-order valence-electron chi connectivity index (χ2n) is 5.13. The zero-order chi connectivity index (χ0) is 13.1. The molecule has 19 heavy (non-hydrogen) atoms. The Bertz CT molecular complexity index is 497. The van der Waals surface area contributed by atoms with Gasteiger partial charge in [-0.2, -0.15) is 0 Å². The molecule has 0 aliphatic carbocycles. The summed E-state index contributed by atoms with van der Waals surface area (Å²) < 4.78 is 0. The van der Waals surface area contributed by atoms with E-state index in [4.69, 9.17) is 0 Å². The lowest BCUT2D eigenvalue weighted by molar-refractivity contribution is 0.132. The number of rotatable bonds is 3. The number of thiazole rings is 1. The smallest absolute Gasteiger partial charge is 0.0795 e. The third kappa shape index (κ3) is 3.03. The van der Waals surface area contributed by atoms with E-state index >= 15 is 0 Å². The number of hydrogen-bond acceptors (Lipinski definition) is 4. The molecule has 4 heteroatoms. The summed E-state index contributed by atoms with van der Waals surface area (Å²) in [5.41, 5.74) is 4.47. The van der Waals surface area contributed by atoms with Gasteiger partial charge in [-0.05, 0) is 12.5 Å². The van der Waals surface area contributed by atoms with Crippen LogP contribution in [0.1, 0.15) is 24.2 Å². The van der Waals surface area contributed by atoms with Gasteiger partial charge in [0.2, 0.25) is 0 Å². The average molecular weight is 273 g/mol. The zero-order valence-electron chi connectivity index (χ0n) is 11.1. The minimum absolute atomic E-state index is 0.427. The van der Waals surface area contributed by atoms with Gasteiger partial charge < -0.3 is 5.32 Å². The normalized spacial score (nSPS) is 24.5. The summed E-state index contributed by atoms with van der Waals surface area (Å²) in [6.45, 7) is 5.31. The third-order valence-corrected chi connectivity index (χ3v) is 4.39. The fourth-order valence-corrected chi connectivity index (χ4v) is 3.12. The predicted octanol–water partition coefficient (Wildman–Crippen LogP) is 2.68. The quantitative estimate of drug-likeness (QED) is 0.932. The van der Waals surface area contributed by atoms with Crippen molar-refractivity contribution >= 4 is 11.3 Å². The first-order valence-electron chi connectivity index (χ1n) is 6.72. The van der Waals surface area contributed by atoms with Crippen LogP contribution in [0.25, 0.3) is 0 Å². The number of nitrogens with one attached hydrogen (secondary N) is 1. The monoisotopic (exact) mass is 273 g/mol. The molecule has 1 aliphatic rings. The molecule has 1 saturated heterocycles. The molecule has 3 nitrogen and oxygen atoms in total. The van der Waals surface area contributed by atoms with Crippen molar-refractivity contribution in [1.29, 1.82) is 0 Å². The molecule has 2 atom stereocenters. The van der Waals surface area contributed by atoms with Gasteiger partial charge in [-0.1, -0.05) is 30.3 Å². The molecule has 1 aromatic carbocycles. The number of piperazine rings is 1. The van der Waals surface area contributed by atoms with E-state index in [2.05, 4.69) is 57.8 Å². The first-order valence-corrected chi connectivity index (χ1v) is 7.66. The van der Waals surface area contributed by atoms with Crippen LogP contribution < -0.4 is 5.32 Å². The van der Waals surface area contributed by atoms with Crippen molar-refractivity contribution in [2.45, 2.75) is 25.6 Å². The lowest BCUT2D eigenvalue weighted by Gasteiger charge is -2.38. The molecule has 3 rings (SSSR count). The number of nitrogens with zero attached hydrogens (tertiary/aromatic N) is 2. The van der Waals surface area contributed by atoms with E-state index in [0.717, 1.165) is 19.6 Å². The lowest BCUT2D eigenvalue weighted by Crippen LogP contribution is -2.50. The Morgan fingerprint density at radius 1 is 1.37 bits per heavy atom. The SMILES string of the molecule is CC1CNC(c2ccccc2)CN1Cc1cscn1.